The van der Waals surface area contributed by atoms with Crippen molar-refractivity contribution in [2.24, 2.45) is 5.73 Å². The SMILES string of the molecule is COc1cc(C(C)CCN)c(O)c2c1CCCC2. The zero-order valence-electron chi connectivity index (χ0n) is 11.3. The average molecular weight is 249 g/mol. The quantitative estimate of drug-likeness (QED) is 0.862. The predicted molar refractivity (Wildman–Crippen MR) is 73.4 cm³/mol. The number of ether oxygens (including phenoxy) is 1. The van der Waals surface area contributed by atoms with Crippen LogP contribution in [0.2, 0.25) is 0 Å². The molecule has 0 saturated heterocycles. The maximum Gasteiger partial charge on any atom is 0.122 e. The van der Waals surface area contributed by atoms with Crippen LogP contribution >= 0.6 is 0 Å². The number of rotatable bonds is 4. The first-order valence-corrected chi connectivity index (χ1v) is 6.80. The van der Waals surface area contributed by atoms with E-state index in [2.05, 4.69) is 6.92 Å². The fourth-order valence-electron chi connectivity index (χ4n) is 2.87. The summed E-state index contributed by atoms with van der Waals surface area (Å²) in [5.74, 6) is 1.68. The molecule has 1 unspecified atom stereocenters. The van der Waals surface area contributed by atoms with Crippen LogP contribution in [0.3, 0.4) is 0 Å². The number of aromatic hydroxyl groups is 1. The van der Waals surface area contributed by atoms with Crippen LogP contribution < -0.4 is 10.5 Å². The molecule has 0 spiro atoms. The van der Waals surface area contributed by atoms with E-state index < -0.39 is 0 Å². The molecule has 3 nitrogen and oxygen atoms in total. The summed E-state index contributed by atoms with van der Waals surface area (Å²) in [4.78, 5) is 0. The lowest BCUT2D eigenvalue weighted by molar-refractivity contribution is 0.396. The van der Waals surface area contributed by atoms with Gasteiger partial charge in [0.25, 0.3) is 0 Å². The van der Waals surface area contributed by atoms with E-state index in [4.69, 9.17) is 10.5 Å². The number of hydrogen-bond donors (Lipinski definition) is 2. The zero-order valence-corrected chi connectivity index (χ0v) is 11.3. The van der Waals surface area contributed by atoms with Gasteiger partial charge >= 0.3 is 0 Å². The lowest BCUT2D eigenvalue weighted by Gasteiger charge is -2.24. The van der Waals surface area contributed by atoms with Crippen molar-refractivity contribution in [2.45, 2.75) is 44.9 Å². The smallest absolute Gasteiger partial charge is 0.122 e. The standard InChI is InChI=1S/C15H23NO2/c1-10(7-8-16)13-9-14(18-2)11-5-3-4-6-12(11)15(13)17/h9-10,17H,3-8,16H2,1-2H3. The fourth-order valence-corrected chi connectivity index (χ4v) is 2.87. The van der Waals surface area contributed by atoms with Crippen molar-refractivity contribution < 1.29 is 9.84 Å². The Morgan fingerprint density at radius 3 is 2.61 bits per heavy atom. The second kappa shape index (κ2) is 5.61. The highest BCUT2D eigenvalue weighted by atomic mass is 16.5. The van der Waals surface area contributed by atoms with Crippen LogP contribution in [0.15, 0.2) is 6.07 Å². The van der Waals surface area contributed by atoms with Crippen LogP contribution in [0.25, 0.3) is 0 Å². The summed E-state index contributed by atoms with van der Waals surface area (Å²) in [6, 6.07) is 2.00. The van der Waals surface area contributed by atoms with Crippen LogP contribution in [-0.4, -0.2) is 18.8 Å². The van der Waals surface area contributed by atoms with E-state index in [1.165, 1.54) is 12.0 Å². The largest absolute Gasteiger partial charge is 0.507 e. The molecule has 0 heterocycles. The number of hydrogen-bond acceptors (Lipinski definition) is 3. The van der Waals surface area contributed by atoms with Crippen LogP contribution in [0.1, 0.15) is 48.8 Å². The second-order valence-electron chi connectivity index (χ2n) is 5.16. The van der Waals surface area contributed by atoms with Gasteiger partial charge in [-0.05, 0) is 50.6 Å². The fraction of sp³-hybridized carbons (Fsp3) is 0.600. The van der Waals surface area contributed by atoms with E-state index in [1.807, 2.05) is 6.07 Å². The van der Waals surface area contributed by atoms with Gasteiger partial charge in [-0.15, -0.1) is 0 Å². The summed E-state index contributed by atoms with van der Waals surface area (Å²) < 4.78 is 5.49. The molecule has 0 bridgehead atoms. The van der Waals surface area contributed by atoms with Crippen LogP contribution in [0.4, 0.5) is 0 Å². The van der Waals surface area contributed by atoms with Gasteiger partial charge in [-0.2, -0.15) is 0 Å². The van der Waals surface area contributed by atoms with Crippen LogP contribution in [-0.2, 0) is 12.8 Å². The van der Waals surface area contributed by atoms with Gasteiger partial charge in [-0.25, -0.2) is 0 Å². The second-order valence-corrected chi connectivity index (χ2v) is 5.16. The van der Waals surface area contributed by atoms with Crippen molar-refractivity contribution in [3.8, 4) is 11.5 Å². The molecule has 2 rings (SSSR count). The molecule has 1 atom stereocenters. The van der Waals surface area contributed by atoms with E-state index in [9.17, 15) is 5.11 Å². The van der Waals surface area contributed by atoms with E-state index in [-0.39, 0.29) is 5.92 Å². The molecule has 0 amide bonds. The highest BCUT2D eigenvalue weighted by Gasteiger charge is 2.22. The van der Waals surface area contributed by atoms with Crippen LogP contribution in [0.5, 0.6) is 11.5 Å². The Labute approximate surface area is 109 Å². The highest BCUT2D eigenvalue weighted by molar-refractivity contribution is 5.55. The van der Waals surface area contributed by atoms with E-state index in [1.54, 1.807) is 7.11 Å². The molecular formula is C15H23NO2. The third-order valence-electron chi connectivity index (χ3n) is 3.96. The molecule has 1 aromatic carbocycles. The molecular weight excluding hydrogens is 226 g/mol. The molecule has 100 valence electrons. The van der Waals surface area contributed by atoms with Gasteiger partial charge in [-0.1, -0.05) is 6.92 Å². The predicted octanol–water partition coefficient (Wildman–Crippen LogP) is 2.73. The van der Waals surface area contributed by atoms with Gasteiger partial charge in [0.2, 0.25) is 0 Å². The minimum absolute atomic E-state index is 0.274. The summed E-state index contributed by atoms with van der Waals surface area (Å²) in [5, 5.41) is 10.5. The molecule has 18 heavy (non-hydrogen) atoms. The third kappa shape index (κ3) is 2.32. The Morgan fingerprint density at radius 1 is 1.33 bits per heavy atom. The average Bonchev–Trinajstić information content (AvgIpc) is 2.40. The normalized spacial score (nSPS) is 16.2. The number of nitrogens with two attached hydrogens (primary N) is 1. The van der Waals surface area contributed by atoms with Gasteiger partial charge in [0, 0.05) is 16.7 Å². The van der Waals surface area contributed by atoms with Gasteiger partial charge < -0.3 is 15.6 Å². The maximum absolute atomic E-state index is 10.5. The summed E-state index contributed by atoms with van der Waals surface area (Å²) in [6.07, 6.45) is 5.19. The summed E-state index contributed by atoms with van der Waals surface area (Å²) in [6.45, 7) is 2.75. The molecule has 0 radical (unpaired) electrons. The summed E-state index contributed by atoms with van der Waals surface area (Å²) in [7, 11) is 1.71. The van der Waals surface area contributed by atoms with Crippen molar-refractivity contribution in [3.05, 3.63) is 22.8 Å². The molecule has 0 saturated carbocycles. The van der Waals surface area contributed by atoms with Gasteiger partial charge in [0.1, 0.15) is 11.5 Å². The van der Waals surface area contributed by atoms with Crippen molar-refractivity contribution in [1.29, 1.82) is 0 Å². The molecule has 0 fully saturated rings. The Hall–Kier alpha value is -1.22. The summed E-state index contributed by atoms with van der Waals surface area (Å²) >= 11 is 0. The Morgan fingerprint density at radius 2 is 2.00 bits per heavy atom. The first-order chi connectivity index (χ1) is 8.69. The molecule has 1 aromatic rings. The first kappa shape index (κ1) is 13.2. The molecule has 0 aliphatic heterocycles. The van der Waals surface area contributed by atoms with Crippen molar-refractivity contribution >= 4 is 0 Å². The molecule has 1 aliphatic carbocycles. The number of fused-ring (bicyclic) bond motifs is 1. The van der Waals surface area contributed by atoms with Crippen molar-refractivity contribution in [2.75, 3.05) is 13.7 Å². The monoisotopic (exact) mass is 249 g/mol. The molecule has 3 N–H and O–H groups in total. The van der Waals surface area contributed by atoms with Gasteiger partial charge in [0.15, 0.2) is 0 Å². The molecule has 3 heteroatoms. The number of phenolic OH excluding ortho intramolecular Hbond substituents is 1. The van der Waals surface area contributed by atoms with Crippen molar-refractivity contribution in [1.82, 2.24) is 0 Å². The van der Waals surface area contributed by atoms with E-state index >= 15 is 0 Å². The Balaban J connectivity index is 2.48. The van der Waals surface area contributed by atoms with Gasteiger partial charge in [-0.3, -0.25) is 0 Å². The Kier molecular flexibility index (Phi) is 4.12. The lowest BCUT2D eigenvalue weighted by atomic mass is 9.85. The topological polar surface area (TPSA) is 55.5 Å². The molecule has 1 aliphatic rings. The summed E-state index contributed by atoms with van der Waals surface area (Å²) in [5.41, 5.74) is 8.89. The molecule has 0 aromatic heterocycles. The number of phenols is 1. The Bertz CT molecular complexity index is 429. The van der Waals surface area contributed by atoms with Crippen molar-refractivity contribution in [3.63, 3.8) is 0 Å². The van der Waals surface area contributed by atoms with E-state index in [0.29, 0.717) is 12.3 Å². The minimum atomic E-state index is 0.274. The van der Waals surface area contributed by atoms with Gasteiger partial charge in [0.05, 0.1) is 7.11 Å². The lowest BCUT2D eigenvalue weighted by Crippen LogP contribution is -2.10. The first-order valence-electron chi connectivity index (χ1n) is 6.80. The minimum Gasteiger partial charge on any atom is -0.507 e. The maximum atomic E-state index is 10.5. The zero-order chi connectivity index (χ0) is 13.1. The third-order valence-corrected chi connectivity index (χ3v) is 3.96. The highest BCUT2D eigenvalue weighted by Crippen LogP contribution is 2.41. The van der Waals surface area contributed by atoms with E-state index in [0.717, 1.165) is 42.6 Å². The number of methoxy groups -OCH3 is 1. The van der Waals surface area contributed by atoms with Crippen LogP contribution in [0, 0.1) is 0 Å². The number of benzene rings is 1.